The topological polar surface area (TPSA) is 86.3 Å². The number of hydrogen-bond acceptors (Lipinski definition) is 5. The van der Waals surface area contributed by atoms with Crippen LogP contribution in [0.2, 0.25) is 0 Å². The van der Waals surface area contributed by atoms with E-state index in [-0.39, 0.29) is 11.4 Å². The van der Waals surface area contributed by atoms with E-state index in [0.29, 0.717) is 18.5 Å². The van der Waals surface area contributed by atoms with Crippen molar-refractivity contribution >= 4 is 5.91 Å². The van der Waals surface area contributed by atoms with Crippen LogP contribution in [0.4, 0.5) is 4.39 Å². The van der Waals surface area contributed by atoms with Crippen molar-refractivity contribution in [3.8, 4) is 17.0 Å². The minimum Gasteiger partial charge on any atom is -0.471 e. The van der Waals surface area contributed by atoms with Gasteiger partial charge >= 0.3 is 0 Å². The average molecular weight is 333 g/mol. The van der Waals surface area contributed by atoms with Crippen LogP contribution >= 0.6 is 0 Å². The monoisotopic (exact) mass is 333 g/mol. The molecule has 0 unspecified atom stereocenters. The number of primary amides is 1. The van der Waals surface area contributed by atoms with Crippen LogP contribution < -0.4 is 10.5 Å². The molecule has 1 fully saturated rings. The fourth-order valence-corrected chi connectivity index (χ4v) is 2.76. The van der Waals surface area contributed by atoms with Gasteiger partial charge in [0.1, 0.15) is 17.8 Å². The van der Waals surface area contributed by atoms with Crippen LogP contribution in [0.25, 0.3) is 11.1 Å². The van der Waals surface area contributed by atoms with E-state index in [1.165, 1.54) is 0 Å². The van der Waals surface area contributed by atoms with Crippen molar-refractivity contribution < 1.29 is 13.9 Å². The maximum Gasteiger partial charge on any atom is 0.254 e. The van der Waals surface area contributed by atoms with Crippen LogP contribution in [0, 0.1) is 0 Å². The maximum absolute atomic E-state index is 14.1. The second kappa shape index (κ2) is 6.56. The molecule has 2 aromatic rings. The zero-order valence-corrected chi connectivity index (χ0v) is 13.6. The predicted octanol–water partition coefficient (Wildman–Crippen LogP) is 1.00. The highest BCUT2D eigenvalue weighted by Gasteiger charge is 2.30. The molecule has 2 N–H and O–H groups in total. The first-order valence-corrected chi connectivity index (χ1v) is 7.72. The SMILES string of the molecule is CN1CC[C@H](Oc2ncc(-c3cnn(C)c3)cc2C(N)=O)[C@@H](F)C1. The Morgan fingerprint density at radius 2 is 2.17 bits per heavy atom. The Hall–Kier alpha value is -2.48. The number of nitrogens with zero attached hydrogens (tertiary/aromatic N) is 4. The quantitative estimate of drug-likeness (QED) is 0.902. The van der Waals surface area contributed by atoms with Gasteiger partial charge in [0.2, 0.25) is 5.88 Å². The van der Waals surface area contributed by atoms with Crippen molar-refractivity contribution in [3.05, 3.63) is 30.2 Å². The summed E-state index contributed by atoms with van der Waals surface area (Å²) in [6, 6.07) is 1.60. The van der Waals surface area contributed by atoms with E-state index in [2.05, 4.69) is 10.1 Å². The molecule has 3 heterocycles. The number of pyridine rings is 1. The summed E-state index contributed by atoms with van der Waals surface area (Å²) in [7, 11) is 3.66. The highest BCUT2D eigenvalue weighted by Crippen LogP contribution is 2.26. The summed E-state index contributed by atoms with van der Waals surface area (Å²) in [5, 5.41) is 4.09. The third kappa shape index (κ3) is 3.38. The van der Waals surface area contributed by atoms with Crippen LogP contribution in [0.15, 0.2) is 24.7 Å². The lowest BCUT2D eigenvalue weighted by molar-refractivity contribution is 0.0280. The summed E-state index contributed by atoms with van der Waals surface area (Å²) >= 11 is 0. The van der Waals surface area contributed by atoms with Gasteiger partial charge in [0, 0.05) is 43.7 Å². The number of amides is 1. The molecule has 1 aliphatic rings. The number of hydrogen-bond donors (Lipinski definition) is 1. The number of likely N-dealkylation sites (tertiary alicyclic amines) is 1. The molecule has 24 heavy (non-hydrogen) atoms. The molecule has 2 atom stereocenters. The molecular weight excluding hydrogens is 313 g/mol. The van der Waals surface area contributed by atoms with Crippen molar-refractivity contribution in [1.29, 1.82) is 0 Å². The van der Waals surface area contributed by atoms with Gasteiger partial charge in [0.25, 0.3) is 5.91 Å². The Morgan fingerprint density at radius 3 is 2.79 bits per heavy atom. The highest BCUT2D eigenvalue weighted by atomic mass is 19.1. The minimum atomic E-state index is -1.13. The number of rotatable bonds is 4. The Balaban J connectivity index is 1.86. The second-order valence-electron chi connectivity index (χ2n) is 6.07. The fourth-order valence-electron chi connectivity index (χ4n) is 2.76. The first kappa shape index (κ1) is 16.4. The normalized spacial score (nSPS) is 21.6. The fraction of sp³-hybridized carbons (Fsp3) is 0.438. The average Bonchev–Trinajstić information content (AvgIpc) is 2.96. The number of ether oxygens (including phenoxy) is 1. The van der Waals surface area contributed by atoms with E-state index in [0.717, 1.165) is 12.1 Å². The zero-order chi connectivity index (χ0) is 17.3. The molecule has 0 aromatic carbocycles. The Labute approximate surface area is 139 Å². The van der Waals surface area contributed by atoms with E-state index in [1.54, 1.807) is 36.4 Å². The van der Waals surface area contributed by atoms with E-state index in [9.17, 15) is 9.18 Å². The van der Waals surface area contributed by atoms with Gasteiger partial charge in [-0.15, -0.1) is 0 Å². The number of nitrogens with two attached hydrogens (primary N) is 1. The molecule has 2 aromatic heterocycles. The molecule has 1 saturated heterocycles. The Morgan fingerprint density at radius 1 is 1.38 bits per heavy atom. The summed E-state index contributed by atoms with van der Waals surface area (Å²) in [6.45, 7) is 1.02. The van der Waals surface area contributed by atoms with Crippen molar-refractivity contribution in [2.75, 3.05) is 20.1 Å². The number of aromatic nitrogens is 3. The third-order valence-corrected chi connectivity index (χ3v) is 4.10. The first-order chi connectivity index (χ1) is 11.4. The summed E-state index contributed by atoms with van der Waals surface area (Å²) in [5.74, 6) is -0.584. The molecule has 0 bridgehead atoms. The summed E-state index contributed by atoms with van der Waals surface area (Å²) in [5.41, 5.74) is 7.09. The molecule has 0 radical (unpaired) electrons. The van der Waals surface area contributed by atoms with Crippen LogP contribution in [-0.4, -0.2) is 58.0 Å². The van der Waals surface area contributed by atoms with Gasteiger partial charge in [-0.3, -0.25) is 9.48 Å². The largest absolute Gasteiger partial charge is 0.471 e. The van der Waals surface area contributed by atoms with Crippen molar-refractivity contribution in [2.24, 2.45) is 12.8 Å². The lowest BCUT2D eigenvalue weighted by Gasteiger charge is -2.32. The molecule has 1 amide bonds. The third-order valence-electron chi connectivity index (χ3n) is 4.10. The van der Waals surface area contributed by atoms with Crippen LogP contribution in [0.3, 0.4) is 0 Å². The Kier molecular flexibility index (Phi) is 4.48. The molecule has 0 spiro atoms. The summed E-state index contributed by atoms with van der Waals surface area (Å²) in [6.07, 6.45) is 3.80. The molecule has 7 nitrogen and oxygen atoms in total. The molecule has 1 aliphatic heterocycles. The molecule has 8 heteroatoms. The van der Waals surface area contributed by atoms with Gasteiger partial charge in [-0.1, -0.05) is 0 Å². The molecule has 0 saturated carbocycles. The van der Waals surface area contributed by atoms with Crippen molar-refractivity contribution in [3.63, 3.8) is 0 Å². The number of alkyl halides is 1. The number of carbonyl (C=O) groups excluding carboxylic acids is 1. The zero-order valence-electron chi connectivity index (χ0n) is 13.6. The molecule has 3 rings (SSSR count). The molecule has 128 valence electrons. The number of halogens is 1. The van der Waals surface area contributed by atoms with E-state index >= 15 is 0 Å². The summed E-state index contributed by atoms with van der Waals surface area (Å²) < 4.78 is 21.5. The van der Waals surface area contributed by atoms with Gasteiger partial charge < -0.3 is 15.4 Å². The number of aryl methyl sites for hydroxylation is 1. The first-order valence-electron chi connectivity index (χ1n) is 7.72. The van der Waals surface area contributed by atoms with Crippen LogP contribution in [-0.2, 0) is 7.05 Å². The van der Waals surface area contributed by atoms with E-state index in [4.69, 9.17) is 10.5 Å². The number of piperidine rings is 1. The second-order valence-corrected chi connectivity index (χ2v) is 6.07. The lowest BCUT2D eigenvalue weighted by atomic mass is 10.1. The predicted molar refractivity (Wildman–Crippen MR) is 86.4 cm³/mol. The van der Waals surface area contributed by atoms with Gasteiger partial charge in [-0.25, -0.2) is 9.37 Å². The van der Waals surface area contributed by atoms with E-state index in [1.807, 2.05) is 11.9 Å². The Bertz CT molecular complexity index is 748. The minimum absolute atomic E-state index is 0.0762. The highest BCUT2D eigenvalue weighted by molar-refractivity contribution is 5.96. The smallest absolute Gasteiger partial charge is 0.254 e. The number of carbonyl (C=O) groups is 1. The van der Waals surface area contributed by atoms with E-state index < -0.39 is 18.2 Å². The van der Waals surface area contributed by atoms with Crippen molar-refractivity contribution in [1.82, 2.24) is 19.7 Å². The lowest BCUT2D eigenvalue weighted by Crippen LogP contribution is -2.45. The molecule has 0 aliphatic carbocycles. The van der Waals surface area contributed by atoms with Crippen molar-refractivity contribution in [2.45, 2.75) is 18.7 Å². The summed E-state index contributed by atoms with van der Waals surface area (Å²) in [4.78, 5) is 17.9. The van der Waals surface area contributed by atoms with Gasteiger partial charge in [0.15, 0.2) is 0 Å². The van der Waals surface area contributed by atoms with Gasteiger partial charge in [-0.2, -0.15) is 5.10 Å². The van der Waals surface area contributed by atoms with Crippen LogP contribution in [0.1, 0.15) is 16.8 Å². The maximum atomic E-state index is 14.1. The standard InChI is InChI=1S/C16H20FN5O2/c1-21-4-3-14(13(17)9-21)24-16-12(15(18)23)5-10(6-19-16)11-7-20-22(2)8-11/h5-8,13-14H,3-4,9H2,1-2H3,(H2,18,23)/t13-,14-/m0/s1. The molecular formula is C16H20FN5O2. The van der Waals surface area contributed by atoms with Gasteiger partial charge in [0.05, 0.1) is 6.20 Å². The van der Waals surface area contributed by atoms with Crippen LogP contribution in [0.5, 0.6) is 5.88 Å². The van der Waals surface area contributed by atoms with Gasteiger partial charge in [-0.05, 0) is 19.5 Å².